The van der Waals surface area contributed by atoms with Gasteiger partial charge in [-0.25, -0.2) is 14.6 Å². The Hall–Kier alpha value is -1.82. The summed E-state index contributed by atoms with van der Waals surface area (Å²) in [6.07, 6.45) is -0.640. The zero-order valence-electron chi connectivity index (χ0n) is 11.5. The first kappa shape index (κ1) is 15.2. The molecule has 0 aliphatic carbocycles. The smallest absolute Gasteiger partial charge is 0.422 e. The minimum Gasteiger partial charge on any atom is -0.508 e. The van der Waals surface area contributed by atoms with Crippen LogP contribution in [0.2, 0.25) is 0 Å². The number of nitrogens with one attached hydrogen (secondary N) is 2. The van der Waals surface area contributed by atoms with Crippen molar-refractivity contribution in [2.75, 3.05) is 0 Å². The van der Waals surface area contributed by atoms with E-state index in [1.165, 1.54) is 12.1 Å². The SMILES string of the molecule is CC(NNC(=O)OC(C)(C)C)c1ccc(O)cc1F. The molecule has 1 rings (SSSR count). The van der Waals surface area contributed by atoms with Gasteiger partial charge >= 0.3 is 6.09 Å². The van der Waals surface area contributed by atoms with Crippen LogP contribution < -0.4 is 10.9 Å². The molecule has 6 heteroatoms. The number of carbonyl (C=O) groups excluding carboxylic acids is 1. The number of amides is 1. The van der Waals surface area contributed by atoms with Crippen LogP contribution in [-0.4, -0.2) is 16.8 Å². The highest BCUT2D eigenvalue weighted by molar-refractivity contribution is 5.67. The maximum atomic E-state index is 13.6. The van der Waals surface area contributed by atoms with Gasteiger partial charge in [0.15, 0.2) is 0 Å². The first-order chi connectivity index (χ1) is 8.69. The van der Waals surface area contributed by atoms with E-state index in [2.05, 4.69) is 10.9 Å². The molecule has 106 valence electrons. The van der Waals surface area contributed by atoms with Crippen LogP contribution in [0.5, 0.6) is 5.75 Å². The van der Waals surface area contributed by atoms with Gasteiger partial charge in [-0.3, -0.25) is 5.43 Å². The molecule has 0 aliphatic heterocycles. The largest absolute Gasteiger partial charge is 0.508 e. The second-order valence-electron chi connectivity index (χ2n) is 5.20. The Morgan fingerprint density at radius 3 is 2.58 bits per heavy atom. The minimum absolute atomic E-state index is 0.145. The van der Waals surface area contributed by atoms with E-state index in [1.54, 1.807) is 27.7 Å². The predicted octanol–water partition coefficient (Wildman–Crippen LogP) is 2.62. The third-order valence-corrected chi connectivity index (χ3v) is 2.24. The highest BCUT2D eigenvalue weighted by Crippen LogP contribution is 2.20. The average Bonchev–Trinajstić information content (AvgIpc) is 2.23. The van der Waals surface area contributed by atoms with Crippen molar-refractivity contribution in [1.82, 2.24) is 10.9 Å². The van der Waals surface area contributed by atoms with Gasteiger partial charge in [0, 0.05) is 11.6 Å². The summed E-state index contributed by atoms with van der Waals surface area (Å²) >= 11 is 0. The molecule has 0 saturated heterocycles. The normalized spacial score (nSPS) is 12.9. The van der Waals surface area contributed by atoms with Gasteiger partial charge in [-0.05, 0) is 33.8 Å². The van der Waals surface area contributed by atoms with Crippen molar-refractivity contribution in [3.63, 3.8) is 0 Å². The molecule has 0 aliphatic rings. The lowest BCUT2D eigenvalue weighted by atomic mass is 10.1. The van der Waals surface area contributed by atoms with Gasteiger partial charge in [0.1, 0.15) is 17.2 Å². The highest BCUT2D eigenvalue weighted by atomic mass is 19.1. The van der Waals surface area contributed by atoms with E-state index < -0.39 is 23.6 Å². The van der Waals surface area contributed by atoms with E-state index in [0.29, 0.717) is 5.56 Å². The molecule has 0 spiro atoms. The number of ether oxygens (including phenoxy) is 1. The zero-order chi connectivity index (χ0) is 14.6. The van der Waals surface area contributed by atoms with Crippen LogP contribution in [0.25, 0.3) is 0 Å². The van der Waals surface area contributed by atoms with Crippen molar-refractivity contribution < 1.29 is 19.0 Å². The first-order valence-corrected chi connectivity index (χ1v) is 5.92. The standard InChI is InChI=1S/C13H19FN2O3/c1-8(10-6-5-9(17)7-11(10)14)15-16-12(18)19-13(2,3)4/h5-8,15,17H,1-4H3,(H,16,18). The number of carbonyl (C=O) groups is 1. The van der Waals surface area contributed by atoms with Crippen LogP contribution >= 0.6 is 0 Å². The monoisotopic (exact) mass is 270 g/mol. The summed E-state index contributed by atoms with van der Waals surface area (Å²) in [5.41, 5.74) is 4.70. The van der Waals surface area contributed by atoms with Crippen LogP contribution in [0.3, 0.4) is 0 Å². The van der Waals surface area contributed by atoms with E-state index in [0.717, 1.165) is 6.07 Å². The number of phenols is 1. The summed E-state index contributed by atoms with van der Waals surface area (Å²) in [5, 5.41) is 9.11. The van der Waals surface area contributed by atoms with E-state index in [4.69, 9.17) is 9.84 Å². The van der Waals surface area contributed by atoms with Crippen molar-refractivity contribution in [1.29, 1.82) is 0 Å². The summed E-state index contributed by atoms with van der Waals surface area (Å²) in [5.74, 6) is -0.695. The lowest BCUT2D eigenvalue weighted by Crippen LogP contribution is -2.42. The maximum Gasteiger partial charge on any atom is 0.422 e. The molecule has 0 heterocycles. The number of hydrogen-bond acceptors (Lipinski definition) is 4. The van der Waals surface area contributed by atoms with Crippen LogP contribution in [0, 0.1) is 5.82 Å². The fourth-order valence-corrected chi connectivity index (χ4v) is 1.42. The van der Waals surface area contributed by atoms with Crippen molar-refractivity contribution >= 4 is 6.09 Å². The number of benzene rings is 1. The molecular formula is C13H19FN2O3. The quantitative estimate of drug-likeness (QED) is 0.738. The van der Waals surface area contributed by atoms with Gasteiger partial charge in [0.2, 0.25) is 0 Å². The van der Waals surface area contributed by atoms with Crippen molar-refractivity contribution in [3.8, 4) is 5.75 Å². The fourth-order valence-electron chi connectivity index (χ4n) is 1.42. The summed E-state index contributed by atoms with van der Waals surface area (Å²) in [6.45, 7) is 6.91. The van der Waals surface area contributed by atoms with Gasteiger partial charge in [-0.15, -0.1) is 0 Å². The predicted molar refractivity (Wildman–Crippen MR) is 69.0 cm³/mol. The van der Waals surface area contributed by atoms with Crippen LogP contribution in [0.1, 0.15) is 39.3 Å². The topological polar surface area (TPSA) is 70.6 Å². The van der Waals surface area contributed by atoms with E-state index in [9.17, 15) is 9.18 Å². The molecule has 1 amide bonds. The Labute approximate surface area is 111 Å². The lowest BCUT2D eigenvalue weighted by Gasteiger charge is -2.21. The van der Waals surface area contributed by atoms with Crippen LogP contribution in [0.4, 0.5) is 9.18 Å². The second kappa shape index (κ2) is 5.88. The molecule has 0 saturated carbocycles. The highest BCUT2D eigenvalue weighted by Gasteiger charge is 2.17. The van der Waals surface area contributed by atoms with Gasteiger partial charge in [0.05, 0.1) is 6.04 Å². The molecule has 0 radical (unpaired) electrons. The Balaban J connectivity index is 2.56. The number of phenolic OH excluding ortho intramolecular Hbond substituents is 1. The van der Waals surface area contributed by atoms with E-state index in [-0.39, 0.29) is 5.75 Å². The summed E-state index contributed by atoms with van der Waals surface area (Å²) in [7, 11) is 0. The molecule has 1 atom stereocenters. The molecule has 0 fully saturated rings. The molecule has 0 bridgehead atoms. The summed E-state index contributed by atoms with van der Waals surface area (Å²) < 4.78 is 18.6. The Morgan fingerprint density at radius 2 is 2.05 bits per heavy atom. The molecule has 1 aromatic rings. The lowest BCUT2D eigenvalue weighted by molar-refractivity contribution is 0.0489. The molecule has 19 heavy (non-hydrogen) atoms. The Bertz CT molecular complexity index is 458. The molecule has 1 aromatic carbocycles. The minimum atomic E-state index is -0.640. The van der Waals surface area contributed by atoms with Crippen molar-refractivity contribution in [3.05, 3.63) is 29.6 Å². The first-order valence-electron chi connectivity index (χ1n) is 5.92. The molecule has 0 aromatic heterocycles. The van der Waals surface area contributed by atoms with Crippen molar-refractivity contribution in [2.45, 2.75) is 39.3 Å². The zero-order valence-corrected chi connectivity index (χ0v) is 11.5. The maximum absolute atomic E-state index is 13.6. The number of hydrogen-bond donors (Lipinski definition) is 3. The fraction of sp³-hybridized carbons (Fsp3) is 0.462. The van der Waals surface area contributed by atoms with Gasteiger partial charge in [-0.2, -0.15) is 0 Å². The number of halogens is 1. The number of rotatable bonds is 3. The second-order valence-corrected chi connectivity index (χ2v) is 5.20. The molecule has 5 nitrogen and oxygen atoms in total. The third kappa shape index (κ3) is 5.13. The van der Waals surface area contributed by atoms with Crippen molar-refractivity contribution in [2.24, 2.45) is 0 Å². The van der Waals surface area contributed by atoms with E-state index >= 15 is 0 Å². The third-order valence-electron chi connectivity index (χ3n) is 2.24. The molecule has 1 unspecified atom stereocenters. The van der Waals surface area contributed by atoms with Gasteiger partial charge in [-0.1, -0.05) is 6.07 Å². The summed E-state index contributed by atoms with van der Waals surface area (Å²) in [4.78, 5) is 11.4. The van der Waals surface area contributed by atoms with Crippen LogP contribution in [-0.2, 0) is 4.74 Å². The molecular weight excluding hydrogens is 251 g/mol. The molecule has 3 N–H and O–H groups in total. The van der Waals surface area contributed by atoms with Gasteiger partial charge < -0.3 is 9.84 Å². The Morgan fingerprint density at radius 1 is 1.42 bits per heavy atom. The average molecular weight is 270 g/mol. The van der Waals surface area contributed by atoms with E-state index in [1.807, 2.05) is 0 Å². The number of aromatic hydroxyl groups is 1. The Kier molecular flexibility index (Phi) is 4.72. The van der Waals surface area contributed by atoms with Crippen LogP contribution in [0.15, 0.2) is 18.2 Å². The van der Waals surface area contributed by atoms with Gasteiger partial charge in [0.25, 0.3) is 0 Å². The number of hydrazine groups is 1. The summed E-state index contributed by atoms with van der Waals surface area (Å²) in [6, 6.07) is 3.37.